The Morgan fingerprint density at radius 1 is 0.895 bits per heavy atom. The predicted octanol–water partition coefficient (Wildman–Crippen LogP) is 6.05. The smallest absolute Gasteiger partial charge is 0.335 e. The number of aliphatic hydroxyl groups excluding tert-OH is 2. The Morgan fingerprint density at radius 2 is 1.45 bits per heavy atom. The van der Waals surface area contributed by atoms with Crippen molar-refractivity contribution in [3.8, 4) is 0 Å². The lowest BCUT2D eigenvalue weighted by Crippen LogP contribution is -2.35. The van der Waals surface area contributed by atoms with Gasteiger partial charge in [-0.2, -0.15) is 0 Å². The van der Waals surface area contributed by atoms with Gasteiger partial charge in [0.25, 0.3) is 0 Å². The minimum atomic E-state index is -0.666. The fourth-order valence-electron chi connectivity index (χ4n) is 5.17. The van der Waals surface area contributed by atoms with Gasteiger partial charge in [0, 0.05) is 5.41 Å². The van der Waals surface area contributed by atoms with Gasteiger partial charge in [0.2, 0.25) is 0 Å². The summed E-state index contributed by atoms with van der Waals surface area (Å²) in [4.78, 5) is 24.3. The molecule has 1 aromatic carbocycles. The number of ether oxygens (including phenoxy) is 2. The standard InChI is InChI=1S/C32H48O6/c1-5-7-8-9-26-10-14-28(15-11-26)29-16-12-27(13-17-29)18-19-32(6-2,22-37-30(35)24(3)20-33)23-38-31(36)25(4)21-34/h12-13,16-17,26,28,33-34H,3-11,14-15,18-23H2,1-2H3. The Hall–Kier alpha value is -2.44. The fourth-order valence-corrected chi connectivity index (χ4v) is 5.17. The first-order valence-corrected chi connectivity index (χ1v) is 14.3. The molecule has 0 atom stereocenters. The monoisotopic (exact) mass is 528 g/mol. The van der Waals surface area contributed by atoms with E-state index in [1.165, 1.54) is 62.5 Å². The molecule has 38 heavy (non-hydrogen) atoms. The highest BCUT2D eigenvalue weighted by atomic mass is 16.5. The second kappa shape index (κ2) is 16.5. The molecule has 0 spiro atoms. The predicted molar refractivity (Wildman–Crippen MR) is 151 cm³/mol. The van der Waals surface area contributed by atoms with Crippen LogP contribution in [0.25, 0.3) is 0 Å². The molecule has 2 N–H and O–H groups in total. The van der Waals surface area contributed by atoms with E-state index in [-0.39, 0.29) is 24.4 Å². The summed E-state index contributed by atoms with van der Waals surface area (Å²) in [5, 5.41) is 18.4. The number of benzene rings is 1. The molecular formula is C32H48O6. The molecule has 0 aromatic heterocycles. The first kappa shape index (κ1) is 31.8. The highest BCUT2D eigenvalue weighted by Crippen LogP contribution is 2.38. The summed E-state index contributed by atoms with van der Waals surface area (Å²) in [6.07, 6.45) is 12.5. The molecule has 0 aliphatic heterocycles. The summed E-state index contributed by atoms with van der Waals surface area (Å²) >= 11 is 0. The molecule has 0 saturated heterocycles. The van der Waals surface area contributed by atoms with Gasteiger partial charge in [0.1, 0.15) is 13.2 Å². The van der Waals surface area contributed by atoms with Crippen LogP contribution in [0.2, 0.25) is 0 Å². The van der Waals surface area contributed by atoms with Crippen molar-refractivity contribution in [2.75, 3.05) is 26.4 Å². The van der Waals surface area contributed by atoms with Crippen molar-refractivity contribution in [3.05, 3.63) is 59.7 Å². The molecule has 0 heterocycles. The van der Waals surface area contributed by atoms with Crippen LogP contribution in [0.1, 0.15) is 95.1 Å². The molecule has 0 unspecified atom stereocenters. The van der Waals surface area contributed by atoms with E-state index < -0.39 is 30.6 Å². The van der Waals surface area contributed by atoms with E-state index in [4.69, 9.17) is 9.47 Å². The van der Waals surface area contributed by atoms with Crippen molar-refractivity contribution in [2.24, 2.45) is 11.3 Å². The summed E-state index contributed by atoms with van der Waals surface area (Å²) in [5.74, 6) is 0.201. The largest absolute Gasteiger partial charge is 0.462 e. The second-order valence-electron chi connectivity index (χ2n) is 11.0. The van der Waals surface area contributed by atoms with Crippen molar-refractivity contribution in [1.82, 2.24) is 0 Å². The van der Waals surface area contributed by atoms with Gasteiger partial charge < -0.3 is 19.7 Å². The van der Waals surface area contributed by atoms with Crippen LogP contribution in [0.5, 0.6) is 0 Å². The van der Waals surface area contributed by atoms with Gasteiger partial charge in [-0.05, 0) is 67.9 Å². The maximum atomic E-state index is 12.1. The lowest BCUT2D eigenvalue weighted by Gasteiger charge is -2.32. The third kappa shape index (κ3) is 10.0. The summed E-state index contributed by atoms with van der Waals surface area (Å²) < 4.78 is 10.9. The van der Waals surface area contributed by atoms with Gasteiger partial charge in [0.05, 0.1) is 24.4 Å². The van der Waals surface area contributed by atoms with E-state index in [0.717, 1.165) is 12.3 Å². The molecule has 0 amide bonds. The van der Waals surface area contributed by atoms with Crippen LogP contribution >= 0.6 is 0 Å². The fraction of sp³-hybridized carbons (Fsp3) is 0.625. The average molecular weight is 529 g/mol. The number of esters is 2. The number of hydrogen-bond donors (Lipinski definition) is 2. The zero-order chi connectivity index (χ0) is 28.0. The lowest BCUT2D eigenvalue weighted by molar-refractivity contribution is -0.150. The van der Waals surface area contributed by atoms with Gasteiger partial charge in [-0.1, -0.05) is 77.0 Å². The quantitative estimate of drug-likeness (QED) is 0.145. The Labute approximate surface area is 229 Å². The zero-order valence-electron chi connectivity index (χ0n) is 23.5. The molecule has 212 valence electrons. The van der Waals surface area contributed by atoms with Crippen LogP contribution < -0.4 is 0 Å². The maximum Gasteiger partial charge on any atom is 0.335 e. The molecule has 1 aliphatic rings. The Bertz CT molecular complexity index is 863. The summed E-state index contributed by atoms with van der Waals surface area (Å²) in [5.41, 5.74) is 1.93. The maximum absolute atomic E-state index is 12.1. The molecule has 6 nitrogen and oxygen atoms in total. The van der Waals surface area contributed by atoms with Crippen LogP contribution in [-0.4, -0.2) is 48.6 Å². The molecule has 2 rings (SSSR count). The third-order valence-electron chi connectivity index (χ3n) is 8.19. The highest BCUT2D eigenvalue weighted by molar-refractivity contribution is 5.88. The first-order valence-electron chi connectivity index (χ1n) is 14.3. The summed E-state index contributed by atoms with van der Waals surface area (Å²) in [6, 6.07) is 8.87. The number of carbonyl (C=O) groups excluding carboxylic acids is 2. The van der Waals surface area contributed by atoms with Crippen molar-refractivity contribution in [2.45, 2.75) is 90.4 Å². The Morgan fingerprint density at radius 3 is 1.92 bits per heavy atom. The van der Waals surface area contributed by atoms with Gasteiger partial charge in [-0.15, -0.1) is 0 Å². The number of rotatable bonds is 17. The number of hydrogen-bond acceptors (Lipinski definition) is 6. The minimum absolute atomic E-state index is 0.0220. The third-order valence-corrected chi connectivity index (χ3v) is 8.19. The molecule has 1 aliphatic carbocycles. The van der Waals surface area contributed by atoms with Crippen molar-refractivity contribution < 1.29 is 29.3 Å². The Kier molecular flexibility index (Phi) is 13.8. The second-order valence-corrected chi connectivity index (χ2v) is 11.0. The molecule has 6 heteroatoms. The van der Waals surface area contributed by atoms with E-state index in [1.807, 2.05) is 6.92 Å². The number of unbranched alkanes of at least 4 members (excludes halogenated alkanes) is 2. The van der Waals surface area contributed by atoms with Crippen LogP contribution in [0.3, 0.4) is 0 Å². The average Bonchev–Trinajstić information content (AvgIpc) is 2.96. The molecular weight excluding hydrogens is 480 g/mol. The Balaban J connectivity index is 1.99. The van der Waals surface area contributed by atoms with E-state index in [2.05, 4.69) is 44.3 Å². The van der Waals surface area contributed by atoms with Crippen LogP contribution in [-0.2, 0) is 25.5 Å². The summed E-state index contributed by atoms with van der Waals surface area (Å²) in [7, 11) is 0. The molecule has 0 radical (unpaired) electrons. The van der Waals surface area contributed by atoms with Crippen LogP contribution in [0.15, 0.2) is 48.6 Å². The van der Waals surface area contributed by atoms with Crippen molar-refractivity contribution in [1.29, 1.82) is 0 Å². The van der Waals surface area contributed by atoms with Crippen molar-refractivity contribution >= 4 is 11.9 Å². The van der Waals surface area contributed by atoms with Crippen LogP contribution in [0, 0.1) is 11.3 Å². The van der Waals surface area contributed by atoms with Crippen LogP contribution in [0.4, 0.5) is 0 Å². The van der Waals surface area contributed by atoms with E-state index in [0.29, 0.717) is 18.8 Å². The van der Waals surface area contributed by atoms with E-state index >= 15 is 0 Å². The molecule has 1 fully saturated rings. The van der Waals surface area contributed by atoms with E-state index in [9.17, 15) is 19.8 Å². The van der Waals surface area contributed by atoms with Gasteiger partial charge in [-0.3, -0.25) is 0 Å². The number of carbonyl (C=O) groups is 2. The van der Waals surface area contributed by atoms with Gasteiger partial charge >= 0.3 is 11.9 Å². The number of aliphatic hydroxyl groups is 2. The first-order chi connectivity index (χ1) is 18.3. The molecule has 1 aromatic rings. The van der Waals surface area contributed by atoms with Crippen molar-refractivity contribution in [3.63, 3.8) is 0 Å². The normalized spacial score (nSPS) is 17.6. The minimum Gasteiger partial charge on any atom is -0.462 e. The van der Waals surface area contributed by atoms with Gasteiger partial charge in [-0.25, -0.2) is 9.59 Å². The van der Waals surface area contributed by atoms with E-state index in [1.54, 1.807) is 0 Å². The lowest BCUT2D eigenvalue weighted by atomic mass is 9.76. The molecule has 1 saturated carbocycles. The highest BCUT2D eigenvalue weighted by Gasteiger charge is 2.32. The van der Waals surface area contributed by atoms with Gasteiger partial charge in [0.15, 0.2) is 0 Å². The SMILES string of the molecule is C=C(CO)C(=O)OCC(CC)(CCc1ccc(C2CCC(CCCCC)CC2)cc1)COC(=O)C(=C)CO. The summed E-state index contributed by atoms with van der Waals surface area (Å²) in [6.45, 7) is 10.4. The zero-order valence-corrected chi connectivity index (χ0v) is 23.5. The topological polar surface area (TPSA) is 93.1 Å². The molecule has 0 bridgehead atoms. The number of aryl methyl sites for hydroxylation is 1.